The Bertz CT molecular complexity index is 153. The minimum absolute atomic E-state index is 0.0436. The zero-order valence-electron chi connectivity index (χ0n) is 9.05. The van der Waals surface area contributed by atoms with Gasteiger partial charge in [0, 0.05) is 24.7 Å². The molecule has 0 spiro atoms. The number of nitrogens with zero attached hydrogens (tertiary/aromatic N) is 1. The third-order valence-electron chi connectivity index (χ3n) is 2.55. The summed E-state index contributed by atoms with van der Waals surface area (Å²) in [7, 11) is 0. The van der Waals surface area contributed by atoms with Gasteiger partial charge in [-0.3, -0.25) is 4.90 Å². The molecular weight excluding hydrogens is 164 g/mol. The van der Waals surface area contributed by atoms with Crippen LogP contribution in [0.15, 0.2) is 0 Å². The van der Waals surface area contributed by atoms with E-state index >= 15 is 0 Å². The van der Waals surface area contributed by atoms with Crippen molar-refractivity contribution in [3.8, 4) is 0 Å². The molecule has 3 heteroatoms. The van der Waals surface area contributed by atoms with Gasteiger partial charge < -0.3 is 10.5 Å². The Kier molecular flexibility index (Phi) is 3.71. The van der Waals surface area contributed by atoms with E-state index in [0.29, 0.717) is 6.04 Å². The van der Waals surface area contributed by atoms with Crippen molar-refractivity contribution in [3.63, 3.8) is 0 Å². The molecule has 1 rings (SSSR count). The first kappa shape index (κ1) is 11.0. The fourth-order valence-electron chi connectivity index (χ4n) is 1.53. The van der Waals surface area contributed by atoms with Crippen molar-refractivity contribution in [2.75, 3.05) is 26.3 Å². The number of morpholine rings is 1. The summed E-state index contributed by atoms with van der Waals surface area (Å²) < 4.78 is 5.37. The lowest BCUT2D eigenvalue weighted by atomic mass is 10.0. The lowest BCUT2D eigenvalue weighted by Gasteiger charge is -2.34. The Morgan fingerprint density at radius 3 is 2.77 bits per heavy atom. The van der Waals surface area contributed by atoms with Gasteiger partial charge in [0.05, 0.1) is 13.2 Å². The van der Waals surface area contributed by atoms with Gasteiger partial charge in [-0.05, 0) is 27.2 Å². The van der Waals surface area contributed by atoms with E-state index in [1.165, 1.54) is 0 Å². The third-order valence-corrected chi connectivity index (χ3v) is 2.55. The average Bonchev–Trinajstić information content (AvgIpc) is 2.01. The average molecular weight is 186 g/mol. The van der Waals surface area contributed by atoms with E-state index < -0.39 is 0 Å². The van der Waals surface area contributed by atoms with E-state index in [1.807, 2.05) is 0 Å². The molecule has 1 aliphatic heterocycles. The van der Waals surface area contributed by atoms with Gasteiger partial charge >= 0.3 is 0 Å². The van der Waals surface area contributed by atoms with Gasteiger partial charge in [0.15, 0.2) is 0 Å². The van der Waals surface area contributed by atoms with Gasteiger partial charge in [-0.2, -0.15) is 0 Å². The molecule has 78 valence electrons. The van der Waals surface area contributed by atoms with Crippen LogP contribution in [-0.4, -0.2) is 42.8 Å². The summed E-state index contributed by atoms with van der Waals surface area (Å²) in [5.41, 5.74) is 5.90. The molecule has 0 aromatic carbocycles. The zero-order valence-corrected chi connectivity index (χ0v) is 9.05. The molecule has 0 amide bonds. The van der Waals surface area contributed by atoms with Crippen molar-refractivity contribution in [1.29, 1.82) is 0 Å². The lowest BCUT2D eigenvalue weighted by molar-refractivity contribution is -0.00262. The standard InChI is InChI=1S/C10H22N2O/c1-9-8-13-7-6-12(9)5-4-10(2,3)11/h9H,4-8,11H2,1-3H3. The second kappa shape index (κ2) is 4.40. The van der Waals surface area contributed by atoms with Crippen molar-refractivity contribution in [3.05, 3.63) is 0 Å². The predicted octanol–water partition coefficient (Wildman–Crippen LogP) is 0.835. The molecule has 1 unspecified atom stereocenters. The molecule has 1 aliphatic rings. The monoisotopic (exact) mass is 186 g/mol. The summed E-state index contributed by atoms with van der Waals surface area (Å²) in [4.78, 5) is 2.46. The molecule has 0 aromatic heterocycles. The first-order valence-corrected chi connectivity index (χ1v) is 5.10. The maximum atomic E-state index is 5.94. The molecule has 1 heterocycles. The highest BCUT2D eigenvalue weighted by Crippen LogP contribution is 2.10. The van der Waals surface area contributed by atoms with Crippen molar-refractivity contribution in [2.45, 2.75) is 38.8 Å². The van der Waals surface area contributed by atoms with Gasteiger partial charge in [0.2, 0.25) is 0 Å². The summed E-state index contributed by atoms with van der Waals surface area (Å²) >= 11 is 0. The van der Waals surface area contributed by atoms with E-state index in [-0.39, 0.29) is 5.54 Å². The van der Waals surface area contributed by atoms with Crippen LogP contribution in [0.1, 0.15) is 27.2 Å². The van der Waals surface area contributed by atoms with Crippen LogP contribution in [-0.2, 0) is 4.74 Å². The van der Waals surface area contributed by atoms with Gasteiger partial charge in [0.25, 0.3) is 0 Å². The summed E-state index contributed by atoms with van der Waals surface area (Å²) in [6.07, 6.45) is 1.05. The van der Waals surface area contributed by atoms with Crippen LogP contribution >= 0.6 is 0 Å². The van der Waals surface area contributed by atoms with Crippen LogP contribution in [0.2, 0.25) is 0 Å². The Balaban J connectivity index is 2.27. The molecule has 0 aromatic rings. The topological polar surface area (TPSA) is 38.5 Å². The highest BCUT2D eigenvalue weighted by Gasteiger charge is 2.20. The van der Waals surface area contributed by atoms with Crippen LogP contribution in [0.3, 0.4) is 0 Å². The Hall–Kier alpha value is -0.120. The van der Waals surface area contributed by atoms with Crippen molar-refractivity contribution in [1.82, 2.24) is 4.90 Å². The maximum absolute atomic E-state index is 5.94. The van der Waals surface area contributed by atoms with E-state index in [4.69, 9.17) is 10.5 Å². The Labute approximate surface area is 81.2 Å². The molecule has 1 atom stereocenters. The first-order valence-electron chi connectivity index (χ1n) is 5.10. The molecule has 0 radical (unpaired) electrons. The molecule has 0 saturated carbocycles. The number of rotatable bonds is 3. The maximum Gasteiger partial charge on any atom is 0.0619 e. The number of ether oxygens (including phenoxy) is 1. The fourth-order valence-corrected chi connectivity index (χ4v) is 1.53. The van der Waals surface area contributed by atoms with Crippen LogP contribution in [0, 0.1) is 0 Å². The smallest absolute Gasteiger partial charge is 0.0619 e. The van der Waals surface area contributed by atoms with E-state index in [0.717, 1.165) is 32.7 Å². The number of hydrogen-bond acceptors (Lipinski definition) is 3. The minimum atomic E-state index is -0.0436. The predicted molar refractivity (Wildman–Crippen MR) is 54.7 cm³/mol. The summed E-state index contributed by atoms with van der Waals surface area (Å²) in [6.45, 7) is 10.3. The molecule has 0 bridgehead atoms. The zero-order chi connectivity index (χ0) is 9.90. The quantitative estimate of drug-likeness (QED) is 0.709. The molecular formula is C10H22N2O. The Morgan fingerprint density at radius 1 is 1.54 bits per heavy atom. The van der Waals surface area contributed by atoms with E-state index in [1.54, 1.807) is 0 Å². The van der Waals surface area contributed by atoms with E-state index in [9.17, 15) is 0 Å². The summed E-state index contributed by atoms with van der Waals surface area (Å²) in [5.74, 6) is 0. The second-order valence-corrected chi connectivity index (χ2v) is 4.70. The van der Waals surface area contributed by atoms with Crippen molar-refractivity contribution < 1.29 is 4.74 Å². The second-order valence-electron chi connectivity index (χ2n) is 4.70. The lowest BCUT2D eigenvalue weighted by Crippen LogP contribution is -2.46. The third kappa shape index (κ3) is 4.07. The summed E-state index contributed by atoms with van der Waals surface area (Å²) in [5, 5.41) is 0. The van der Waals surface area contributed by atoms with Crippen LogP contribution in [0.5, 0.6) is 0 Å². The molecule has 2 N–H and O–H groups in total. The van der Waals surface area contributed by atoms with Gasteiger partial charge in [0.1, 0.15) is 0 Å². The molecule has 3 nitrogen and oxygen atoms in total. The SMILES string of the molecule is CC1COCCN1CCC(C)(C)N. The molecule has 0 aliphatic carbocycles. The van der Waals surface area contributed by atoms with Gasteiger partial charge in [-0.15, -0.1) is 0 Å². The number of hydrogen-bond donors (Lipinski definition) is 1. The first-order chi connectivity index (χ1) is 5.99. The normalized spacial score (nSPS) is 26.3. The fraction of sp³-hybridized carbons (Fsp3) is 1.00. The summed E-state index contributed by atoms with van der Waals surface area (Å²) in [6, 6.07) is 0.552. The van der Waals surface area contributed by atoms with Crippen molar-refractivity contribution in [2.24, 2.45) is 5.73 Å². The van der Waals surface area contributed by atoms with Crippen LogP contribution < -0.4 is 5.73 Å². The van der Waals surface area contributed by atoms with E-state index in [2.05, 4.69) is 25.7 Å². The van der Waals surface area contributed by atoms with Gasteiger partial charge in [-0.1, -0.05) is 0 Å². The largest absolute Gasteiger partial charge is 0.379 e. The Morgan fingerprint density at radius 2 is 2.23 bits per heavy atom. The molecule has 1 fully saturated rings. The van der Waals surface area contributed by atoms with Crippen LogP contribution in [0.25, 0.3) is 0 Å². The minimum Gasteiger partial charge on any atom is -0.379 e. The highest BCUT2D eigenvalue weighted by molar-refractivity contribution is 4.77. The van der Waals surface area contributed by atoms with Crippen molar-refractivity contribution >= 4 is 0 Å². The van der Waals surface area contributed by atoms with Gasteiger partial charge in [-0.25, -0.2) is 0 Å². The molecule has 13 heavy (non-hydrogen) atoms. The van der Waals surface area contributed by atoms with Crippen LogP contribution in [0.4, 0.5) is 0 Å². The highest BCUT2D eigenvalue weighted by atomic mass is 16.5. The molecule has 1 saturated heterocycles. The number of nitrogens with two attached hydrogens (primary N) is 1.